The lowest BCUT2D eigenvalue weighted by Crippen LogP contribution is -2.59. The molecule has 4 saturated carbocycles. The molecule has 3 nitrogen and oxygen atoms in total. The monoisotopic (exact) mass is 534 g/mol. The molecular weight excluding hydrogens is 472 g/mol. The van der Waals surface area contributed by atoms with Crippen molar-refractivity contribution in [3.8, 4) is 0 Å². The van der Waals surface area contributed by atoms with Gasteiger partial charge in [-0.25, -0.2) is 0 Å². The summed E-state index contributed by atoms with van der Waals surface area (Å²) in [6, 6.07) is 0. The summed E-state index contributed by atoms with van der Waals surface area (Å²) < 4.78 is 6.91. The first-order valence-corrected chi connectivity index (χ1v) is 19.1. The zero-order chi connectivity index (χ0) is 27.4. The summed E-state index contributed by atoms with van der Waals surface area (Å²) in [6.07, 6.45) is 15.3. The minimum atomic E-state index is -1.80. The van der Waals surface area contributed by atoms with Crippen molar-refractivity contribution >= 4 is 8.32 Å². The van der Waals surface area contributed by atoms with Gasteiger partial charge in [0.25, 0.3) is 0 Å². The van der Waals surface area contributed by atoms with Gasteiger partial charge >= 0.3 is 0 Å². The topological polar surface area (TPSA) is 49.7 Å². The molecule has 0 aromatic rings. The van der Waals surface area contributed by atoms with Gasteiger partial charge in [0.2, 0.25) is 0 Å². The third-order valence-electron chi connectivity index (χ3n) is 13.2. The molecule has 4 heteroatoms. The van der Waals surface area contributed by atoms with E-state index in [0.29, 0.717) is 29.8 Å². The van der Waals surface area contributed by atoms with E-state index in [9.17, 15) is 10.2 Å². The summed E-state index contributed by atoms with van der Waals surface area (Å²) >= 11 is 0. The van der Waals surface area contributed by atoms with Crippen molar-refractivity contribution in [2.45, 2.75) is 168 Å². The highest BCUT2D eigenvalue weighted by Gasteiger charge is 2.64. The van der Waals surface area contributed by atoms with Gasteiger partial charge < -0.3 is 14.6 Å². The summed E-state index contributed by atoms with van der Waals surface area (Å²) in [6.45, 7) is 21.2. The maximum absolute atomic E-state index is 11.7. The number of hydrogen-bond acceptors (Lipinski definition) is 3. The van der Waals surface area contributed by atoms with Gasteiger partial charge in [-0.15, -0.1) is 0 Å². The second-order valence-corrected chi connectivity index (χ2v) is 21.2. The molecule has 0 bridgehead atoms. The molecule has 2 N–H and O–H groups in total. The van der Waals surface area contributed by atoms with E-state index in [1.807, 2.05) is 0 Å². The van der Waals surface area contributed by atoms with E-state index in [1.54, 1.807) is 0 Å². The SMILES string of the molecule is CCCCCCC(C)(O)[C@H]1CC[C@H]2[C@@H]3C[C@H](O)[C@H]4CC(O[Si](C)(C)C(C)(C)C)CC[C@]4(C)[C@H]3CC[C@]12C. The maximum atomic E-state index is 11.7. The Kier molecular flexibility index (Phi) is 8.53. The minimum absolute atomic E-state index is 0.201. The summed E-state index contributed by atoms with van der Waals surface area (Å²) in [5.41, 5.74) is -0.0956. The first-order chi connectivity index (χ1) is 17.1. The molecular formula is C33H62O3Si. The van der Waals surface area contributed by atoms with Gasteiger partial charge in [-0.2, -0.15) is 0 Å². The maximum Gasteiger partial charge on any atom is 0.192 e. The molecule has 0 spiro atoms. The summed E-state index contributed by atoms with van der Waals surface area (Å²) in [5.74, 6) is 2.78. The highest BCUT2D eigenvalue weighted by atomic mass is 28.4. The van der Waals surface area contributed by atoms with Crippen LogP contribution in [0.15, 0.2) is 0 Å². The molecule has 4 aliphatic carbocycles. The Hall–Kier alpha value is 0.0969. The number of rotatable bonds is 8. The van der Waals surface area contributed by atoms with Crippen LogP contribution in [0.25, 0.3) is 0 Å². The predicted molar refractivity (Wildman–Crippen MR) is 158 cm³/mol. The van der Waals surface area contributed by atoms with E-state index in [0.717, 1.165) is 38.0 Å². The molecule has 10 atom stereocenters. The third-order valence-corrected chi connectivity index (χ3v) is 17.7. The second-order valence-electron chi connectivity index (χ2n) is 16.4. The lowest BCUT2D eigenvalue weighted by Gasteiger charge is -2.63. The molecule has 4 rings (SSSR count). The van der Waals surface area contributed by atoms with E-state index in [2.05, 4.69) is 61.6 Å². The molecule has 0 saturated heterocycles. The highest BCUT2D eigenvalue weighted by molar-refractivity contribution is 6.74. The number of aliphatic hydroxyl groups excluding tert-OH is 1. The van der Waals surface area contributed by atoms with E-state index in [4.69, 9.17) is 4.43 Å². The third kappa shape index (κ3) is 5.41. The van der Waals surface area contributed by atoms with Crippen LogP contribution in [-0.2, 0) is 4.43 Å². The minimum Gasteiger partial charge on any atom is -0.414 e. The molecule has 0 aromatic heterocycles. The summed E-state index contributed by atoms with van der Waals surface area (Å²) in [5, 5.41) is 23.6. The number of fused-ring (bicyclic) bond motifs is 5. The van der Waals surface area contributed by atoms with Crippen LogP contribution < -0.4 is 0 Å². The van der Waals surface area contributed by atoms with E-state index in [-0.39, 0.29) is 22.0 Å². The molecule has 216 valence electrons. The van der Waals surface area contributed by atoms with E-state index >= 15 is 0 Å². The van der Waals surface area contributed by atoms with Crippen LogP contribution in [0.3, 0.4) is 0 Å². The predicted octanol–water partition coefficient (Wildman–Crippen LogP) is 8.73. The smallest absolute Gasteiger partial charge is 0.192 e. The molecule has 37 heavy (non-hydrogen) atoms. The van der Waals surface area contributed by atoms with Crippen molar-refractivity contribution in [1.29, 1.82) is 0 Å². The van der Waals surface area contributed by atoms with Gasteiger partial charge in [-0.05, 0) is 123 Å². The van der Waals surface area contributed by atoms with Gasteiger partial charge in [0, 0.05) is 6.10 Å². The van der Waals surface area contributed by atoms with Crippen LogP contribution in [0.5, 0.6) is 0 Å². The van der Waals surface area contributed by atoms with E-state index < -0.39 is 13.9 Å². The number of hydrogen-bond donors (Lipinski definition) is 2. The lowest BCUT2D eigenvalue weighted by atomic mass is 9.43. The summed E-state index contributed by atoms with van der Waals surface area (Å²) in [4.78, 5) is 0. The second kappa shape index (κ2) is 10.5. The Labute approximate surface area is 231 Å². The first kappa shape index (κ1) is 30.1. The Bertz CT molecular complexity index is 787. The Balaban J connectivity index is 1.47. The molecule has 0 radical (unpaired) electrons. The standard InChI is InChI=1S/C33H62O3Si/c1-10-11-12-13-18-33(7,35)29-15-14-25-24-22-28(34)27-21-23(36-37(8,9)30(2,3)4)16-19-31(27,5)26(24)17-20-32(25,29)6/h23-29,34-35H,10-22H2,1-9H3/t23?,24-,25-,26-,27+,28-,29-,31+,32-,33?/m0/s1. The molecule has 0 heterocycles. The highest BCUT2D eigenvalue weighted by Crippen LogP contribution is 2.69. The van der Waals surface area contributed by atoms with Crippen LogP contribution in [0, 0.1) is 40.4 Å². The van der Waals surface area contributed by atoms with Gasteiger partial charge in [-0.3, -0.25) is 0 Å². The molecule has 4 fully saturated rings. The summed E-state index contributed by atoms with van der Waals surface area (Å²) in [7, 11) is -1.80. The van der Waals surface area contributed by atoms with Crippen LogP contribution in [-0.4, -0.2) is 36.3 Å². The van der Waals surface area contributed by atoms with Crippen LogP contribution in [0.2, 0.25) is 18.1 Å². The zero-order valence-corrected chi connectivity index (χ0v) is 27.0. The Morgan fingerprint density at radius 1 is 0.838 bits per heavy atom. The average molecular weight is 535 g/mol. The molecule has 0 amide bonds. The quantitative estimate of drug-likeness (QED) is 0.242. The molecule has 0 aliphatic heterocycles. The van der Waals surface area contributed by atoms with Gasteiger partial charge in [-0.1, -0.05) is 67.2 Å². The Morgan fingerprint density at radius 2 is 1.49 bits per heavy atom. The van der Waals surface area contributed by atoms with Crippen molar-refractivity contribution in [3.05, 3.63) is 0 Å². The zero-order valence-electron chi connectivity index (χ0n) is 26.0. The van der Waals surface area contributed by atoms with Crippen molar-refractivity contribution < 1.29 is 14.6 Å². The first-order valence-electron chi connectivity index (χ1n) is 16.1. The molecule has 0 aromatic carbocycles. The number of unbranched alkanes of at least 4 members (excludes halogenated alkanes) is 3. The van der Waals surface area contributed by atoms with Gasteiger partial charge in [0.1, 0.15) is 0 Å². The van der Waals surface area contributed by atoms with Crippen molar-refractivity contribution in [2.24, 2.45) is 40.4 Å². The van der Waals surface area contributed by atoms with Crippen LogP contribution in [0.4, 0.5) is 0 Å². The fraction of sp³-hybridized carbons (Fsp3) is 1.00. The normalized spacial score (nSPS) is 44.0. The fourth-order valence-corrected chi connectivity index (χ4v) is 11.5. The molecule has 2 unspecified atom stereocenters. The number of aliphatic hydroxyl groups is 2. The van der Waals surface area contributed by atoms with Crippen molar-refractivity contribution in [1.82, 2.24) is 0 Å². The lowest BCUT2D eigenvalue weighted by molar-refractivity contribution is -0.178. The van der Waals surface area contributed by atoms with Crippen LogP contribution in [0.1, 0.15) is 132 Å². The van der Waals surface area contributed by atoms with Gasteiger partial charge in [0.05, 0.1) is 11.7 Å². The largest absolute Gasteiger partial charge is 0.414 e. The van der Waals surface area contributed by atoms with Crippen LogP contribution >= 0.6 is 0 Å². The Morgan fingerprint density at radius 3 is 2.14 bits per heavy atom. The molecule has 4 aliphatic rings. The fourth-order valence-electron chi connectivity index (χ4n) is 10.1. The average Bonchev–Trinajstić information content (AvgIpc) is 3.15. The van der Waals surface area contributed by atoms with Crippen molar-refractivity contribution in [3.63, 3.8) is 0 Å². The van der Waals surface area contributed by atoms with Gasteiger partial charge in [0.15, 0.2) is 8.32 Å². The van der Waals surface area contributed by atoms with E-state index in [1.165, 1.54) is 51.4 Å². The van der Waals surface area contributed by atoms with Crippen molar-refractivity contribution in [2.75, 3.05) is 0 Å².